The van der Waals surface area contributed by atoms with Crippen molar-refractivity contribution in [2.75, 3.05) is 6.16 Å². The number of aromatic nitrogens is 2. The second kappa shape index (κ2) is 6.64. The molecule has 1 N–H and O–H groups in total. The van der Waals surface area contributed by atoms with Gasteiger partial charge in [0, 0.05) is 17.3 Å². The van der Waals surface area contributed by atoms with E-state index in [4.69, 9.17) is 13.8 Å². The number of para-hydroxylation sites is 1. The number of aryl methyl sites for hydroxylation is 2. The van der Waals surface area contributed by atoms with Gasteiger partial charge in [-0.3, -0.25) is 18.9 Å². The monoisotopic (exact) mass is 390 g/mol. The van der Waals surface area contributed by atoms with Gasteiger partial charge in [-0.05, 0) is 25.5 Å². The molecule has 0 bridgehead atoms. The summed E-state index contributed by atoms with van der Waals surface area (Å²) in [6, 6.07) is 5.66. The smallest absolute Gasteiger partial charge is 0.382 e. The summed E-state index contributed by atoms with van der Waals surface area (Å²) in [4.78, 5) is 25.7. The largest absolute Gasteiger partial charge is 0.424 e. The van der Waals surface area contributed by atoms with Gasteiger partial charge >= 0.3 is 13.3 Å². The van der Waals surface area contributed by atoms with Crippen molar-refractivity contribution in [1.29, 1.82) is 0 Å². The zero-order valence-corrected chi connectivity index (χ0v) is 15.8. The first-order valence-electron chi connectivity index (χ1n) is 8.52. The van der Waals surface area contributed by atoms with Crippen molar-refractivity contribution in [2.24, 2.45) is 0 Å². The Morgan fingerprint density at radius 3 is 2.85 bits per heavy atom. The van der Waals surface area contributed by atoms with E-state index >= 15 is 0 Å². The zero-order valence-electron chi connectivity index (χ0n) is 14.9. The Hall–Kier alpha value is -2.41. The highest BCUT2D eigenvalue weighted by molar-refractivity contribution is 7.54. The van der Waals surface area contributed by atoms with Gasteiger partial charge in [-0.1, -0.05) is 24.3 Å². The number of hydrogen-bond acceptors (Lipinski definition) is 6. The molecule has 9 heteroatoms. The average Bonchev–Trinajstić information content (AvgIpc) is 3.06. The van der Waals surface area contributed by atoms with Crippen LogP contribution in [0.4, 0.5) is 0 Å². The Labute approximate surface area is 154 Å². The number of H-pyrrole nitrogens is 1. The van der Waals surface area contributed by atoms with E-state index in [1.165, 1.54) is 10.8 Å². The molecule has 0 saturated carbocycles. The molecule has 1 aromatic carbocycles. The van der Waals surface area contributed by atoms with Gasteiger partial charge in [0.05, 0.1) is 18.9 Å². The Balaban J connectivity index is 1.50. The van der Waals surface area contributed by atoms with Crippen LogP contribution in [0.15, 0.2) is 46.1 Å². The molecule has 0 amide bonds. The molecule has 0 aliphatic carbocycles. The van der Waals surface area contributed by atoms with Gasteiger partial charge in [-0.2, -0.15) is 0 Å². The molecular formula is C18H19N2O6P. The van der Waals surface area contributed by atoms with E-state index in [0.717, 1.165) is 11.1 Å². The van der Waals surface area contributed by atoms with E-state index in [0.29, 0.717) is 11.3 Å². The molecule has 2 aliphatic rings. The second-order valence-electron chi connectivity index (χ2n) is 6.65. The van der Waals surface area contributed by atoms with Crippen molar-refractivity contribution < 1.29 is 18.3 Å². The number of aromatic amines is 1. The number of hydrogen-bond donors (Lipinski definition) is 1. The maximum atomic E-state index is 13.0. The molecule has 3 atom stereocenters. The van der Waals surface area contributed by atoms with Crippen LogP contribution in [0.5, 0.6) is 5.75 Å². The quantitative estimate of drug-likeness (QED) is 0.638. The zero-order chi connectivity index (χ0) is 19.2. The molecule has 0 spiro atoms. The maximum Gasteiger partial charge on any atom is 0.382 e. The van der Waals surface area contributed by atoms with E-state index < -0.39 is 31.2 Å². The molecule has 2 aromatic rings. The fraction of sp³-hybridized carbons (Fsp3) is 0.333. The summed E-state index contributed by atoms with van der Waals surface area (Å²) in [6.07, 6.45) is 3.64. The van der Waals surface area contributed by atoms with Crippen LogP contribution in [0, 0.1) is 13.8 Å². The first-order chi connectivity index (χ1) is 12.8. The summed E-state index contributed by atoms with van der Waals surface area (Å²) < 4.78 is 31.4. The van der Waals surface area contributed by atoms with E-state index in [-0.39, 0.29) is 12.8 Å². The fourth-order valence-electron chi connectivity index (χ4n) is 3.13. The second-order valence-corrected chi connectivity index (χ2v) is 8.68. The molecule has 142 valence electrons. The lowest BCUT2D eigenvalue weighted by Crippen LogP contribution is -2.33. The van der Waals surface area contributed by atoms with Gasteiger partial charge in [0.25, 0.3) is 5.56 Å². The minimum atomic E-state index is -3.39. The number of benzene rings is 1. The third-order valence-corrected chi connectivity index (χ3v) is 6.36. The van der Waals surface area contributed by atoms with Gasteiger partial charge in [-0.15, -0.1) is 0 Å². The summed E-state index contributed by atoms with van der Waals surface area (Å²) >= 11 is 0. The van der Waals surface area contributed by atoms with Gasteiger partial charge in [0.1, 0.15) is 5.75 Å². The third-order valence-electron chi connectivity index (χ3n) is 4.57. The molecule has 27 heavy (non-hydrogen) atoms. The SMILES string of the molecule is Cc1cccc2c1OP(=O)(C[C@@H]1C=C[C@H](n3cc(C)c(=O)[nH]c3=O)O1)OC2. The summed E-state index contributed by atoms with van der Waals surface area (Å²) in [7, 11) is -3.39. The Morgan fingerprint density at radius 1 is 1.22 bits per heavy atom. The van der Waals surface area contributed by atoms with Crippen LogP contribution >= 0.6 is 7.60 Å². The molecule has 3 heterocycles. The number of fused-ring (bicyclic) bond motifs is 1. The Kier molecular flexibility index (Phi) is 4.42. The van der Waals surface area contributed by atoms with E-state index in [2.05, 4.69) is 4.98 Å². The maximum absolute atomic E-state index is 13.0. The van der Waals surface area contributed by atoms with Crippen molar-refractivity contribution >= 4 is 7.60 Å². The summed E-state index contributed by atoms with van der Waals surface area (Å²) in [6.45, 7) is 3.71. The fourth-order valence-corrected chi connectivity index (χ4v) is 4.88. The van der Waals surface area contributed by atoms with E-state index in [9.17, 15) is 14.2 Å². The minimum absolute atomic E-state index is 0.0326. The topological polar surface area (TPSA) is 99.6 Å². The summed E-state index contributed by atoms with van der Waals surface area (Å²) in [5.74, 6) is 0.595. The lowest BCUT2D eigenvalue weighted by molar-refractivity contribution is 0.0230. The van der Waals surface area contributed by atoms with E-state index in [1.807, 2.05) is 25.1 Å². The average molecular weight is 390 g/mol. The molecule has 8 nitrogen and oxygen atoms in total. The molecule has 0 fully saturated rings. The molecular weight excluding hydrogens is 371 g/mol. The van der Waals surface area contributed by atoms with Gasteiger partial charge in [-0.25, -0.2) is 9.36 Å². The molecule has 4 rings (SSSR count). The summed E-state index contributed by atoms with van der Waals surface area (Å²) in [5, 5.41) is 0. The van der Waals surface area contributed by atoms with Crippen molar-refractivity contribution in [1.82, 2.24) is 9.55 Å². The Morgan fingerprint density at radius 2 is 2.04 bits per heavy atom. The standard InChI is InChI=1S/C18H19N2O6P/c1-11-4-3-5-13-9-24-27(23,26-16(11)13)10-14-6-7-15(25-14)20-8-12(2)17(21)19-18(20)22/h3-8,14-15H,9-10H2,1-2H3,(H,19,21,22)/t14-,15+,27?/m0/s1. The first kappa shape index (κ1) is 18.0. The van der Waals surface area contributed by atoms with Crippen molar-refractivity contribution in [3.8, 4) is 5.75 Å². The number of nitrogens with zero attached hydrogens (tertiary/aromatic N) is 1. The number of nitrogens with one attached hydrogen (secondary N) is 1. The van der Waals surface area contributed by atoms with Gasteiger partial charge < -0.3 is 9.26 Å². The van der Waals surface area contributed by atoms with Crippen LogP contribution in [0.3, 0.4) is 0 Å². The minimum Gasteiger partial charge on any atom is -0.424 e. The van der Waals surface area contributed by atoms with Crippen molar-refractivity contribution in [3.05, 3.63) is 74.1 Å². The Bertz CT molecular complexity index is 1090. The molecule has 1 unspecified atom stereocenters. The molecule has 0 saturated heterocycles. The van der Waals surface area contributed by atoms with Gasteiger partial charge in [0.15, 0.2) is 6.23 Å². The molecule has 0 radical (unpaired) electrons. The van der Waals surface area contributed by atoms with Crippen LogP contribution in [-0.4, -0.2) is 21.8 Å². The molecule has 2 aliphatic heterocycles. The highest BCUT2D eigenvalue weighted by Crippen LogP contribution is 2.55. The van der Waals surface area contributed by atoms with Crippen molar-refractivity contribution in [3.63, 3.8) is 0 Å². The van der Waals surface area contributed by atoms with E-state index in [1.54, 1.807) is 19.1 Å². The predicted molar refractivity (Wildman–Crippen MR) is 98.2 cm³/mol. The van der Waals surface area contributed by atoms with Crippen LogP contribution in [0.1, 0.15) is 22.9 Å². The van der Waals surface area contributed by atoms with Crippen LogP contribution in [0.2, 0.25) is 0 Å². The third kappa shape index (κ3) is 3.43. The van der Waals surface area contributed by atoms with Gasteiger partial charge in [0.2, 0.25) is 0 Å². The van der Waals surface area contributed by atoms with Crippen LogP contribution in [-0.2, 0) is 20.4 Å². The lowest BCUT2D eigenvalue weighted by atomic mass is 10.1. The normalized spacial score (nSPS) is 26.6. The number of ether oxygens (including phenoxy) is 1. The highest BCUT2D eigenvalue weighted by atomic mass is 31.2. The number of rotatable bonds is 3. The summed E-state index contributed by atoms with van der Waals surface area (Å²) in [5.41, 5.74) is 1.15. The lowest BCUT2D eigenvalue weighted by Gasteiger charge is -2.28. The highest BCUT2D eigenvalue weighted by Gasteiger charge is 2.37. The first-order valence-corrected chi connectivity index (χ1v) is 10.2. The predicted octanol–water partition coefficient (Wildman–Crippen LogP) is 2.41. The van der Waals surface area contributed by atoms with Crippen molar-refractivity contribution in [2.45, 2.75) is 32.8 Å². The molecule has 1 aromatic heterocycles. The van der Waals surface area contributed by atoms with Crippen LogP contribution in [0.25, 0.3) is 0 Å². The van der Waals surface area contributed by atoms with Crippen LogP contribution < -0.4 is 15.8 Å².